The molecule has 24 heavy (non-hydrogen) atoms. The largest absolute Gasteiger partial charge is 0.397 e. The fraction of sp³-hybridized carbons (Fsp3) is 0.222. The van der Waals surface area contributed by atoms with Gasteiger partial charge in [-0.2, -0.15) is 5.10 Å². The second-order valence-corrected chi connectivity index (χ2v) is 6.41. The molecular weight excluding hydrogens is 345 g/mol. The minimum Gasteiger partial charge on any atom is -0.397 e. The number of nitrogen functional groups attached to an aromatic ring is 1. The van der Waals surface area contributed by atoms with Crippen molar-refractivity contribution in [1.82, 2.24) is 5.01 Å². The molecule has 0 fully saturated rings. The highest BCUT2D eigenvalue weighted by Gasteiger charge is 2.23. The Balaban J connectivity index is 1.69. The van der Waals surface area contributed by atoms with E-state index in [1.165, 1.54) is 5.01 Å². The number of hydrogen-bond donors (Lipinski definition) is 1. The van der Waals surface area contributed by atoms with Crippen molar-refractivity contribution < 1.29 is 4.79 Å². The molecule has 0 unspecified atom stereocenters. The maximum Gasteiger partial charge on any atom is 0.243 e. The third kappa shape index (κ3) is 3.55. The first-order valence-corrected chi connectivity index (χ1v) is 8.47. The number of amides is 1. The Morgan fingerprint density at radius 1 is 1.17 bits per heavy atom. The second-order valence-electron chi connectivity index (χ2n) is 5.62. The van der Waals surface area contributed by atoms with E-state index in [1.807, 2.05) is 30.3 Å². The van der Waals surface area contributed by atoms with Crippen molar-refractivity contribution in [3.05, 3.63) is 63.6 Å². The lowest BCUT2D eigenvalue weighted by Gasteiger charge is -2.11. The first-order valence-electron chi connectivity index (χ1n) is 7.72. The molecule has 1 aliphatic heterocycles. The summed E-state index contributed by atoms with van der Waals surface area (Å²) >= 11 is 12.0. The number of hydrogen-bond acceptors (Lipinski definition) is 3. The van der Waals surface area contributed by atoms with E-state index in [9.17, 15) is 4.79 Å². The SMILES string of the molecule is Nc1c(C2=NN(C(=O)CCc3ccccc3)CC2)ccc(Cl)c1Cl. The highest BCUT2D eigenvalue weighted by Crippen LogP contribution is 2.32. The number of nitrogens with two attached hydrogens (primary N) is 1. The van der Waals surface area contributed by atoms with Gasteiger partial charge in [0.25, 0.3) is 0 Å². The molecule has 1 aliphatic rings. The van der Waals surface area contributed by atoms with Crippen LogP contribution in [0.25, 0.3) is 0 Å². The molecule has 1 heterocycles. The van der Waals surface area contributed by atoms with Crippen LogP contribution >= 0.6 is 23.2 Å². The molecular formula is C18H17Cl2N3O. The van der Waals surface area contributed by atoms with Gasteiger partial charge in [-0.3, -0.25) is 4.79 Å². The summed E-state index contributed by atoms with van der Waals surface area (Å²) in [4.78, 5) is 12.3. The molecule has 3 rings (SSSR count). The molecule has 0 radical (unpaired) electrons. The Hall–Kier alpha value is -2.04. The van der Waals surface area contributed by atoms with E-state index in [4.69, 9.17) is 28.9 Å². The Morgan fingerprint density at radius 3 is 2.67 bits per heavy atom. The molecule has 0 saturated heterocycles. The topological polar surface area (TPSA) is 58.7 Å². The van der Waals surface area contributed by atoms with Gasteiger partial charge in [-0.1, -0.05) is 53.5 Å². The average Bonchev–Trinajstić information content (AvgIpc) is 3.08. The summed E-state index contributed by atoms with van der Waals surface area (Å²) in [6.45, 7) is 0.558. The van der Waals surface area contributed by atoms with E-state index in [0.717, 1.165) is 16.8 Å². The third-order valence-corrected chi connectivity index (χ3v) is 4.82. The van der Waals surface area contributed by atoms with Crippen LogP contribution in [0.15, 0.2) is 47.6 Å². The van der Waals surface area contributed by atoms with Crippen LogP contribution in [0, 0.1) is 0 Å². The molecule has 2 aromatic carbocycles. The summed E-state index contributed by atoms with van der Waals surface area (Å²) in [7, 11) is 0. The first kappa shape index (κ1) is 16.8. The number of aryl methyl sites for hydroxylation is 1. The molecule has 0 spiro atoms. The van der Waals surface area contributed by atoms with E-state index in [1.54, 1.807) is 12.1 Å². The molecule has 0 atom stereocenters. The normalized spacial score (nSPS) is 13.9. The van der Waals surface area contributed by atoms with Crippen molar-refractivity contribution in [2.24, 2.45) is 5.10 Å². The average molecular weight is 362 g/mol. The van der Waals surface area contributed by atoms with Crippen LogP contribution in [0.5, 0.6) is 0 Å². The van der Waals surface area contributed by atoms with Gasteiger partial charge in [-0.05, 0) is 24.1 Å². The van der Waals surface area contributed by atoms with Crippen LogP contribution in [-0.4, -0.2) is 23.2 Å². The molecule has 0 aliphatic carbocycles. The molecule has 6 heteroatoms. The summed E-state index contributed by atoms with van der Waals surface area (Å²) in [5.74, 6) is 0.00693. The summed E-state index contributed by atoms with van der Waals surface area (Å²) < 4.78 is 0. The standard InChI is InChI=1S/C18H17Cl2N3O/c19-14-8-7-13(18(21)17(14)20)15-10-11-23(22-15)16(24)9-6-12-4-2-1-3-5-12/h1-5,7-8H,6,9-11,21H2. The number of benzene rings is 2. The van der Waals surface area contributed by atoms with Crippen LogP contribution in [0.1, 0.15) is 24.0 Å². The van der Waals surface area contributed by atoms with Gasteiger partial charge >= 0.3 is 0 Å². The van der Waals surface area contributed by atoms with Gasteiger partial charge in [0.2, 0.25) is 5.91 Å². The zero-order chi connectivity index (χ0) is 17.1. The van der Waals surface area contributed by atoms with E-state index in [2.05, 4.69) is 5.10 Å². The highest BCUT2D eigenvalue weighted by atomic mass is 35.5. The summed E-state index contributed by atoms with van der Waals surface area (Å²) in [6.07, 6.45) is 1.78. The molecule has 1 amide bonds. The molecule has 0 bridgehead atoms. The lowest BCUT2D eigenvalue weighted by molar-refractivity contribution is -0.130. The van der Waals surface area contributed by atoms with Crippen molar-refractivity contribution in [3.63, 3.8) is 0 Å². The van der Waals surface area contributed by atoms with Gasteiger partial charge < -0.3 is 5.73 Å². The van der Waals surface area contributed by atoms with E-state index in [0.29, 0.717) is 41.5 Å². The molecule has 2 N–H and O–H groups in total. The molecule has 0 saturated carbocycles. The summed E-state index contributed by atoms with van der Waals surface area (Å²) in [5.41, 5.74) is 9.07. The van der Waals surface area contributed by atoms with E-state index in [-0.39, 0.29) is 5.91 Å². The smallest absolute Gasteiger partial charge is 0.243 e. The Kier molecular flexibility index (Phi) is 5.07. The number of hydrazone groups is 1. The number of carbonyl (C=O) groups is 1. The number of anilines is 1. The maximum atomic E-state index is 12.3. The fourth-order valence-corrected chi connectivity index (χ4v) is 3.00. The summed E-state index contributed by atoms with van der Waals surface area (Å²) in [5, 5.41) is 6.67. The van der Waals surface area contributed by atoms with Crippen molar-refractivity contribution in [3.8, 4) is 0 Å². The number of halogens is 2. The minimum absolute atomic E-state index is 0.00693. The Morgan fingerprint density at radius 2 is 1.92 bits per heavy atom. The second kappa shape index (κ2) is 7.24. The van der Waals surface area contributed by atoms with Crippen molar-refractivity contribution in [2.75, 3.05) is 12.3 Å². The van der Waals surface area contributed by atoms with Gasteiger partial charge in [0.05, 0.1) is 28.0 Å². The first-order chi connectivity index (χ1) is 11.6. The maximum absolute atomic E-state index is 12.3. The number of carbonyl (C=O) groups excluding carboxylic acids is 1. The van der Waals surface area contributed by atoms with Crippen LogP contribution in [0.2, 0.25) is 10.0 Å². The van der Waals surface area contributed by atoms with Gasteiger partial charge in [-0.25, -0.2) is 5.01 Å². The lowest BCUT2D eigenvalue weighted by atomic mass is 10.1. The van der Waals surface area contributed by atoms with E-state index < -0.39 is 0 Å². The van der Waals surface area contributed by atoms with Crippen molar-refractivity contribution >= 4 is 40.5 Å². The minimum atomic E-state index is 0.00693. The zero-order valence-corrected chi connectivity index (χ0v) is 14.5. The predicted octanol–water partition coefficient (Wildman–Crippen LogP) is 4.14. The van der Waals surface area contributed by atoms with Crippen LogP contribution in [0.4, 0.5) is 5.69 Å². The molecule has 4 nitrogen and oxygen atoms in total. The van der Waals surface area contributed by atoms with Crippen molar-refractivity contribution in [1.29, 1.82) is 0 Å². The quantitative estimate of drug-likeness (QED) is 0.831. The van der Waals surface area contributed by atoms with E-state index >= 15 is 0 Å². The Bertz CT molecular complexity index is 790. The van der Waals surface area contributed by atoms with Gasteiger partial charge in [0.1, 0.15) is 0 Å². The summed E-state index contributed by atoms with van der Waals surface area (Å²) in [6, 6.07) is 13.4. The van der Waals surface area contributed by atoms with Crippen molar-refractivity contribution in [2.45, 2.75) is 19.3 Å². The lowest BCUT2D eigenvalue weighted by Crippen LogP contribution is -2.23. The monoisotopic (exact) mass is 361 g/mol. The van der Waals surface area contributed by atoms with Gasteiger partial charge in [0, 0.05) is 18.4 Å². The zero-order valence-electron chi connectivity index (χ0n) is 13.0. The molecule has 124 valence electrons. The van der Waals surface area contributed by atoms with Crippen LogP contribution < -0.4 is 5.73 Å². The fourth-order valence-electron chi connectivity index (χ4n) is 2.67. The predicted molar refractivity (Wildman–Crippen MR) is 98.5 cm³/mol. The number of nitrogens with zero attached hydrogens (tertiary/aromatic N) is 2. The molecule has 0 aromatic heterocycles. The third-order valence-electron chi connectivity index (χ3n) is 4.00. The van der Waals surface area contributed by atoms with Gasteiger partial charge in [-0.15, -0.1) is 0 Å². The van der Waals surface area contributed by atoms with Crippen LogP contribution in [0.3, 0.4) is 0 Å². The van der Waals surface area contributed by atoms with Crippen LogP contribution in [-0.2, 0) is 11.2 Å². The Labute approximate surface area is 150 Å². The van der Waals surface area contributed by atoms with Gasteiger partial charge in [0.15, 0.2) is 0 Å². The highest BCUT2D eigenvalue weighted by molar-refractivity contribution is 6.44. The molecule has 2 aromatic rings. The number of rotatable bonds is 4.